The average Bonchev–Trinajstić information content (AvgIpc) is 3.89. The fraction of sp³-hybridized carbons (Fsp3) is 0.647. The number of nitrogens with two attached hydrogens (primary N) is 1. The van der Waals surface area contributed by atoms with Gasteiger partial charge in [-0.1, -0.05) is 40.0 Å². The van der Waals surface area contributed by atoms with Crippen LogP contribution in [0.2, 0.25) is 0 Å². The summed E-state index contributed by atoms with van der Waals surface area (Å²) in [6.45, 7) is 7.28. The van der Waals surface area contributed by atoms with Crippen LogP contribution in [0.15, 0.2) is 23.2 Å². The first-order valence-electron chi connectivity index (χ1n) is 26.4. The SMILES string of the molecule is CC[C@H](C)[C@@H]1NC(=O)CNC(=O)C2Cc3c(n(CCCCCCNC(=O)OC(C)(C)C)c4cc(OC)ccc34)[S@+]([O-])CC(NC(=O)CNC1=O)C(=O)N[C@@H](CC(N)=O)C(=O)N1C[C@H](O)C[C@]1(C=O)N[C@@H]([C@@H](C)[C@@H](O)CO)C(=O)N2. The fourth-order valence-electron chi connectivity index (χ4n) is 9.70. The number of amides is 9. The number of alkyl carbamates (subject to hydrolysis) is 1. The van der Waals surface area contributed by atoms with Gasteiger partial charge in [0.25, 0.3) is 0 Å². The van der Waals surface area contributed by atoms with Gasteiger partial charge < -0.3 is 81.8 Å². The van der Waals surface area contributed by atoms with Gasteiger partial charge >= 0.3 is 6.09 Å². The number of carbonyl (C=O) groups excluding carboxylic acids is 10. The normalized spacial score (nSPS) is 26.2. The van der Waals surface area contributed by atoms with E-state index >= 15 is 9.35 Å². The molecule has 9 amide bonds. The molecule has 5 rings (SSSR count). The largest absolute Gasteiger partial charge is 0.610 e. The molecule has 13 N–H and O–H groups in total. The number of aromatic nitrogens is 1. The Kier molecular flexibility index (Phi) is 22.4. The first-order chi connectivity index (χ1) is 37.3. The second-order valence-corrected chi connectivity index (χ2v) is 22.6. The molecule has 79 heavy (non-hydrogen) atoms. The predicted molar refractivity (Wildman–Crippen MR) is 283 cm³/mol. The van der Waals surface area contributed by atoms with Crippen molar-refractivity contribution in [2.75, 3.05) is 45.6 Å². The number of carbonyl (C=O) groups is 10. The van der Waals surface area contributed by atoms with E-state index in [4.69, 9.17) is 15.2 Å². The Morgan fingerprint density at radius 1 is 0.937 bits per heavy atom. The summed E-state index contributed by atoms with van der Waals surface area (Å²) >= 11 is -2.42. The standard InChI is InChI=1S/C51H77N11O16S/c1-8-27(2)41-45(72)55-21-39(68)56-35-25-79(76)48-32(31-14-13-30(77-7)17-36(31)61(48)16-12-10-9-11-15-53-49(75)78-50(4,5)6)18-33(43(70)54-22-40(69)59-41)57-46(73)42(28(3)37(66)24-63)60-51(26-64)20-29(65)23-62(51)47(74)34(19-38(52)67)58-44(35)71/h13-14,17,26-29,33-35,37,41-42,60,63,65-66H,8-12,15-16,18-25H2,1-7H3,(H2,52,67)(H,53,75)(H,54,70)(H,55,72)(H,56,68)(H,57,73)(H,58,71)(H,59,69)/t27-,28-,29+,33?,34-,35?,37-,41-,42-,51-,79+/m0/s1. The molecule has 0 aliphatic carbocycles. The van der Waals surface area contributed by atoms with Crippen LogP contribution in [0.3, 0.4) is 0 Å². The zero-order valence-corrected chi connectivity index (χ0v) is 46.5. The Balaban J connectivity index is 1.77. The molecular weight excluding hydrogens is 1050 g/mol. The molecule has 1 aromatic carbocycles. The lowest BCUT2D eigenvalue weighted by Gasteiger charge is -2.40. The van der Waals surface area contributed by atoms with Gasteiger partial charge in [-0.2, -0.15) is 0 Å². The second-order valence-electron chi connectivity index (χ2n) is 21.2. The van der Waals surface area contributed by atoms with Crippen LogP contribution in [0.4, 0.5) is 4.79 Å². The lowest BCUT2D eigenvalue weighted by Crippen LogP contribution is -2.69. The molecule has 1 aromatic heterocycles. The third-order valence-corrected chi connectivity index (χ3v) is 15.6. The molecule has 438 valence electrons. The highest BCUT2D eigenvalue weighted by atomic mass is 32.2. The molecule has 2 bridgehead atoms. The van der Waals surface area contributed by atoms with Crippen molar-refractivity contribution in [2.45, 2.75) is 158 Å². The summed E-state index contributed by atoms with van der Waals surface area (Å²) in [5, 5.41) is 53.4. The molecule has 1 saturated heterocycles. The van der Waals surface area contributed by atoms with Gasteiger partial charge in [-0.05, 0) is 51.7 Å². The number of benzene rings is 1. The van der Waals surface area contributed by atoms with Crippen LogP contribution < -0.4 is 53.0 Å². The number of nitrogens with zero attached hydrogens (tertiary/aromatic N) is 2. The van der Waals surface area contributed by atoms with E-state index in [1.807, 2.05) is 0 Å². The van der Waals surface area contributed by atoms with Gasteiger partial charge in [0.15, 0.2) is 18.0 Å². The molecule has 0 spiro atoms. The van der Waals surface area contributed by atoms with Gasteiger partial charge in [-0.3, -0.25) is 48.5 Å². The smallest absolute Gasteiger partial charge is 0.407 e. The quantitative estimate of drug-likeness (QED) is 0.0451. The monoisotopic (exact) mass is 1130 g/mol. The number of ether oxygens (including phenoxy) is 2. The zero-order chi connectivity index (χ0) is 58.5. The summed E-state index contributed by atoms with van der Waals surface area (Å²) in [5.41, 5.74) is 3.16. The highest BCUT2D eigenvalue weighted by Crippen LogP contribution is 2.36. The maximum absolute atomic E-state index is 15.6. The number of aryl methyl sites for hydroxylation is 1. The summed E-state index contributed by atoms with van der Waals surface area (Å²) < 4.78 is 28.2. The minimum absolute atomic E-state index is 0.000126. The van der Waals surface area contributed by atoms with Gasteiger partial charge in [-0.15, -0.1) is 0 Å². The van der Waals surface area contributed by atoms with Crippen molar-refractivity contribution in [3.63, 3.8) is 0 Å². The molecule has 0 radical (unpaired) electrons. The third-order valence-electron chi connectivity index (χ3n) is 14.1. The van der Waals surface area contributed by atoms with Crippen molar-refractivity contribution < 1.29 is 77.3 Å². The Labute approximate surface area is 460 Å². The van der Waals surface area contributed by atoms with Crippen molar-refractivity contribution in [2.24, 2.45) is 17.6 Å². The van der Waals surface area contributed by atoms with E-state index in [0.29, 0.717) is 55.3 Å². The molecule has 2 unspecified atom stereocenters. The number of hydrogen-bond donors (Lipinski definition) is 12. The number of primary amides is 1. The lowest BCUT2D eigenvalue weighted by atomic mass is 9.92. The fourth-order valence-corrected chi connectivity index (χ4v) is 11.3. The van der Waals surface area contributed by atoms with E-state index in [1.165, 1.54) is 14.0 Å². The maximum atomic E-state index is 15.6. The Morgan fingerprint density at radius 3 is 2.24 bits per heavy atom. The van der Waals surface area contributed by atoms with Crippen LogP contribution in [0.1, 0.15) is 92.1 Å². The summed E-state index contributed by atoms with van der Waals surface area (Å²) in [6, 6.07) is -3.75. The van der Waals surface area contributed by atoms with Gasteiger partial charge in [-0.25, -0.2) is 4.79 Å². The molecule has 27 nitrogen and oxygen atoms in total. The Hall–Kier alpha value is -6.59. The van der Waals surface area contributed by atoms with Crippen molar-refractivity contribution in [1.29, 1.82) is 0 Å². The molecule has 28 heteroatoms. The number of rotatable bonds is 16. The van der Waals surface area contributed by atoms with E-state index in [2.05, 4.69) is 42.5 Å². The van der Waals surface area contributed by atoms with Crippen LogP contribution >= 0.6 is 0 Å². The topological polar surface area (TPSA) is 403 Å². The number of nitrogens with one attached hydrogen (secondary N) is 8. The molecule has 1 fully saturated rings. The molecule has 3 aliphatic rings. The van der Waals surface area contributed by atoms with Crippen molar-refractivity contribution in [3.05, 3.63) is 23.8 Å². The van der Waals surface area contributed by atoms with E-state index in [9.17, 15) is 58.5 Å². The minimum Gasteiger partial charge on any atom is -0.610 e. The van der Waals surface area contributed by atoms with Crippen LogP contribution in [0, 0.1) is 11.8 Å². The summed E-state index contributed by atoms with van der Waals surface area (Å²) in [7, 11) is 1.42. The van der Waals surface area contributed by atoms with Crippen LogP contribution in [0.5, 0.6) is 5.75 Å². The van der Waals surface area contributed by atoms with E-state index in [-0.39, 0.29) is 23.4 Å². The van der Waals surface area contributed by atoms with E-state index < -0.39 is 181 Å². The first-order valence-corrected chi connectivity index (χ1v) is 27.7. The van der Waals surface area contributed by atoms with Crippen molar-refractivity contribution in [3.8, 4) is 5.75 Å². The van der Waals surface area contributed by atoms with Crippen LogP contribution in [-0.2, 0) is 72.0 Å². The maximum Gasteiger partial charge on any atom is 0.407 e. The second kappa shape index (κ2) is 28.0. The number of hydrogen-bond acceptors (Lipinski definition) is 17. The molecule has 3 aliphatic heterocycles. The van der Waals surface area contributed by atoms with Crippen molar-refractivity contribution in [1.82, 2.24) is 52.0 Å². The molecular formula is C51H77N11O16S. The summed E-state index contributed by atoms with van der Waals surface area (Å²) in [6.07, 6.45) is -3.09. The van der Waals surface area contributed by atoms with Crippen LogP contribution in [0.25, 0.3) is 10.9 Å². The average molecular weight is 1130 g/mol. The Morgan fingerprint density at radius 2 is 1.61 bits per heavy atom. The first kappa shape index (κ1) is 63.2. The number of fused-ring (bicyclic) bond motifs is 5. The zero-order valence-electron chi connectivity index (χ0n) is 45.6. The third kappa shape index (κ3) is 16.5. The molecule has 2 aromatic rings. The molecule has 0 saturated carbocycles. The summed E-state index contributed by atoms with van der Waals surface area (Å²) in [5.74, 6) is -10.6. The van der Waals surface area contributed by atoms with Gasteiger partial charge in [0.1, 0.15) is 35.2 Å². The van der Waals surface area contributed by atoms with Gasteiger partial charge in [0.05, 0.1) is 57.0 Å². The highest BCUT2D eigenvalue weighted by molar-refractivity contribution is 7.91. The Bertz CT molecular complexity index is 2580. The number of aliphatic hydroxyl groups excluding tert-OH is 3. The predicted octanol–water partition coefficient (Wildman–Crippen LogP) is -3.06. The van der Waals surface area contributed by atoms with Crippen LogP contribution in [-0.4, -0.2) is 188 Å². The summed E-state index contributed by atoms with van der Waals surface area (Å²) in [4.78, 5) is 140. The molecule has 4 heterocycles. The minimum atomic E-state index is -2.42. The number of unbranched alkanes of at least 4 members (excludes halogenated alkanes) is 3. The van der Waals surface area contributed by atoms with E-state index in [1.54, 1.807) is 57.4 Å². The number of aliphatic hydroxyl groups is 3. The molecule has 11 atom stereocenters. The lowest BCUT2D eigenvalue weighted by molar-refractivity contribution is -0.147. The number of aldehydes is 1. The number of methoxy groups -OCH3 is 1. The van der Waals surface area contributed by atoms with Gasteiger partial charge in [0, 0.05) is 66.6 Å². The highest BCUT2D eigenvalue weighted by Gasteiger charge is 2.53. The van der Waals surface area contributed by atoms with Gasteiger partial charge in [0.2, 0.25) is 52.3 Å². The van der Waals surface area contributed by atoms with Crippen molar-refractivity contribution >= 4 is 81.7 Å². The van der Waals surface area contributed by atoms with E-state index in [0.717, 1.165) is 4.90 Å².